The molecule has 352 valence electrons. The number of aromatic carboxylic acids is 1. The van der Waals surface area contributed by atoms with Crippen molar-refractivity contribution < 1.29 is 32.2 Å². The molecule has 8 rings (SSSR count). The number of carbonyl (C=O) groups is 1. The van der Waals surface area contributed by atoms with Crippen molar-refractivity contribution in [2.75, 3.05) is 71.4 Å². The molecule has 15 heteroatoms. The van der Waals surface area contributed by atoms with E-state index in [2.05, 4.69) is 36.9 Å². The normalized spacial score (nSPS) is 15.4. The Balaban J connectivity index is 0.910. The number of carboxylic acid groups (broad SMARTS) is 1. The maximum absolute atomic E-state index is 15.5. The van der Waals surface area contributed by atoms with Crippen LogP contribution in [0.15, 0.2) is 125 Å². The highest BCUT2D eigenvalue weighted by molar-refractivity contribution is 7.99. The average Bonchev–Trinajstić information content (AvgIpc) is 3.63. The number of aryl methyl sites for hydroxylation is 1. The summed E-state index contributed by atoms with van der Waals surface area (Å²) in [6, 6.07) is 33.4. The third-order valence-electron chi connectivity index (χ3n) is 12.9. The predicted octanol–water partition coefficient (Wildman–Crippen LogP) is 9.98. The zero-order valence-corrected chi connectivity index (χ0v) is 39.7. The van der Waals surface area contributed by atoms with Crippen molar-refractivity contribution in [3.05, 3.63) is 144 Å². The minimum atomic E-state index is -3.90. The van der Waals surface area contributed by atoms with Gasteiger partial charge in [0.25, 0.3) is 10.0 Å². The molecule has 4 N–H and O–H groups in total. The largest absolute Gasteiger partial charge is 0.478 e. The van der Waals surface area contributed by atoms with Crippen LogP contribution in [0.5, 0.6) is 0 Å². The number of thioether (sulfide) groups is 1. The maximum atomic E-state index is 15.5. The molecule has 2 aliphatic rings. The van der Waals surface area contributed by atoms with Gasteiger partial charge in [0.1, 0.15) is 11.6 Å². The number of benzene rings is 5. The van der Waals surface area contributed by atoms with E-state index in [0.717, 1.165) is 61.6 Å². The van der Waals surface area contributed by atoms with Gasteiger partial charge in [-0.15, -0.1) is 11.8 Å². The molecule has 0 saturated carbocycles. The number of likely N-dealkylation sites (tertiary alicyclic amines) is 1. The number of piperazine rings is 1. The van der Waals surface area contributed by atoms with Crippen molar-refractivity contribution in [3.63, 3.8) is 0 Å². The van der Waals surface area contributed by atoms with Gasteiger partial charge in [-0.3, -0.25) is 4.72 Å². The van der Waals surface area contributed by atoms with Crippen molar-refractivity contribution in [1.82, 2.24) is 9.47 Å². The second-order valence-corrected chi connectivity index (χ2v) is 20.1. The molecule has 2 aliphatic heterocycles. The van der Waals surface area contributed by atoms with Crippen molar-refractivity contribution in [3.8, 4) is 22.4 Å². The van der Waals surface area contributed by atoms with E-state index in [1.54, 1.807) is 55.1 Å². The van der Waals surface area contributed by atoms with Gasteiger partial charge in [0.15, 0.2) is 0 Å². The number of halogens is 2. The van der Waals surface area contributed by atoms with Crippen molar-refractivity contribution >= 4 is 50.5 Å². The molecule has 3 heterocycles. The van der Waals surface area contributed by atoms with Gasteiger partial charge in [-0.05, 0) is 154 Å². The van der Waals surface area contributed by atoms with Gasteiger partial charge in [0, 0.05) is 103 Å². The van der Waals surface area contributed by atoms with Crippen LogP contribution in [0.2, 0.25) is 0 Å². The van der Waals surface area contributed by atoms with Gasteiger partial charge in [-0.25, -0.2) is 22.0 Å². The van der Waals surface area contributed by atoms with Crippen LogP contribution in [0.25, 0.3) is 22.4 Å². The molecule has 1 atom stereocenters. The minimum absolute atomic E-state index is 0.0785. The number of hydrogen-bond acceptors (Lipinski definition) is 9. The van der Waals surface area contributed by atoms with E-state index in [0.29, 0.717) is 72.2 Å². The number of aromatic nitrogens is 1. The van der Waals surface area contributed by atoms with Crippen LogP contribution in [-0.4, -0.2) is 97.8 Å². The Kier molecular flexibility index (Phi) is 14.9. The smallest absolute Gasteiger partial charge is 0.338 e. The van der Waals surface area contributed by atoms with Crippen LogP contribution < -0.4 is 19.8 Å². The Morgan fingerprint density at radius 1 is 0.791 bits per heavy atom. The predicted molar refractivity (Wildman–Crippen MR) is 266 cm³/mol. The Hall–Kier alpha value is -5.87. The fourth-order valence-electron chi connectivity index (χ4n) is 9.24. The fourth-order valence-corrected chi connectivity index (χ4v) is 11.4. The highest BCUT2D eigenvalue weighted by Crippen LogP contribution is 2.41. The number of hydrogen-bond donors (Lipinski definition) is 4. The van der Waals surface area contributed by atoms with E-state index in [1.165, 1.54) is 29.2 Å². The number of aliphatic hydroxyl groups is 1. The van der Waals surface area contributed by atoms with Crippen molar-refractivity contribution in [2.24, 2.45) is 0 Å². The third-order valence-corrected chi connectivity index (χ3v) is 15.4. The summed E-state index contributed by atoms with van der Waals surface area (Å²) in [6.07, 6.45) is 2.28. The van der Waals surface area contributed by atoms with Gasteiger partial charge in [0.05, 0.1) is 22.3 Å². The summed E-state index contributed by atoms with van der Waals surface area (Å²) in [4.78, 5) is 20.7. The molecule has 0 spiro atoms. The molecular formula is C52H58F2N6O5S2. The summed E-state index contributed by atoms with van der Waals surface area (Å²) in [5.41, 5.74) is 6.33. The second-order valence-electron chi connectivity index (χ2n) is 17.4. The number of piperidine rings is 1. The van der Waals surface area contributed by atoms with E-state index in [9.17, 15) is 27.8 Å². The molecule has 11 nitrogen and oxygen atoms in total. The van der Waals surface area contributed by atoms with Crippen molar-refractivity contribution in [1.29, 1.82) is 0 Å². The molecule has 6 aromatic rings. The molecule has 1 aromatic heterocycles. The topological polar surface area (TPSA) is 130 Å². The quantitative estimate of drug-likeness (QED) is 0.0656. The van der Waals surface area contributed by atoms with Crippen LogP contribution in [0.4, 0.5) is 31.5 Å². The monoisotopic (exact) mass is 948 g/mol. The van der Waals surface area contributed by atoms with Gasteiger partial charge in [-0.2, -0.15) is 0 Å². The van der Waals surface area contributed by atoms with E-state index >= 15 is 4.39 Å². The Labute approximate surface area is 396 Å². The highest BCUT2D eigenvalue weighted by atomic mass is 32.2. The number of nitrogens with zero attached hydrogens (tertiary/aromatic N) is 4. The number of sulfonamides is 1. The molecule has 0 aliphatic carbocycles. The third kappa shape index (κ3) is 11.3. The lowest BCUT2D eigenvalue weighted by atomic mass is 9.96. The standard InChI is InChI=1S/C52H58F2N6O5S2/c1-4-60-36(3)49(52(62)63)50(51(60)37-10-12-39(53)13-11-37)38-31-40(54)33-44(32-38)59-28-26-58(27-29-59)43-16-14-41(15-17-43)56-67(64,65)47-18-19-48(35(2)30-47)55-42(34-66-46-8-6-5-7-9-46)20-23-57-24-21-45(61)22-25-57/h5-19,30-33,42,45,55-56,61H,4,20-29,34H2,1-3H3,(H,62,63)/t42-/m1/s1. The maximum Gasteiger partial charge on any atom is 0.338 e. The number of aliphatic hydroxyl groups excluding tert-OH is 1. The SMILES string of the molecule is CCn1c(C)c(C(=O)O)c(-c2cc(F)cc(N3CCN(c4ccc(NS(=O)(=O)c5ccc(N[C@H](CCN6CCC(O)CC6)CSc6ccccc6)c(C)c5)cc4)CC3)c2)c1-c1ccc(F)cc1. The van der Waals surface area contributed by atoms with E-state index < -0.39 is 27.6 Å². The zero-order valence-electron chi connectivity index (χ0n) is 38.1. The second kappa shape index (κ2) is 21.0. The Morgan fingerprint density at radius 2 is 1.46 bits per heavy atom. The van der Waals surface area contributed by atoms with Gasteiger partial charge in [0.2, 0.25) is 0 Å². The molecule has 0 amide bonds. The number of anilines is 4. The lowest BCUT2D eigenvalue weighted by Gasteiger charge is -2.37. The van der Waals surface area contributed by atoms with Crippen LogP contribution in [0.3, 0.4) is 0 Å². The molecule has 0 bridgehead atoms. The van der Waals surface area contributed by atoms with Gasteiger partial charge in [-0.1, -0.05) is 18.2 Å². The molecule has 67 heavy (non-hydrogen) atoms. The lowest BCUT2D eigenvalue weighted by Crippen LogP contribution is -2.46. The van der Waals surface area contributed by atoms with Gasteiger partial charge < -0.3 is 34.8 Å². The minimum Gasteiger partial charge on any atom is -0.478 e. The summed E-state index contributed by atoms with van der Waals surface area (Å²) < 4.78 is 61.5. The Morgan fingerprint density at radius 3 is 2.10 bits per heavy atom. The van der Waals surface area contributed by atoms with E-state index in [4.69, 9.17) is 0 Å². The lowest BCUT2D eigenvalue weighted by molar-refractivity contribution is 0.0696. The van der Waals surface area contributed by atoms with E-state index in [-0.39, 0.29) is 22.6 Å². The fraction of sp³-hybridized carbons (Fsp3) is 0.327. The zero-order chi connectivity index (χ0) is 47.2. The first-order valence-corrected chi connectivity index (χ1v) is 25.3. The molecule has 0 unspecified atom stereocenters. The first-order valence-electron chi connectivity index (χ1n) is 22.9. The Bertz CT molecular complexity index is 2770. The first kappa shape index (κ1) is 47.6. The molecule has 0 radical (unpaired) electrons. The van der Waals surface area contributed by atoms with Crippen LogP contribution in [0.1, 0.15) is 47.8 Å². The van der Waals surface area contributed by atoms with E-state index in [1.807, 2.05) is 60.9 Å². The molecule has 2 saturated heterocycles. The number of carboxylic acids is 1. The van der Waals surface area contributed by atoms with Crippen LogP contribution in [-0.2, 0) is 16.6 Å². The molecule has 2 fully saturated rings. The number of nitrogens with one attached hydrogen (secondary N) is 2. The molecule has 5 aromatic carbocycles. The summed E-state index contributed by atoms with van der Waals surface area (Å²) in [5, 5.41) is 24.1. The van der Waals surface area contributed by atoms with Gasteiger partial charge >= 0.3 is 5.97 Å². The summed E-state index contributed by atoms with van der Waals surface area (Å²) in [7, 11) is -3.90. The number of rotatable bonds is 17. The van der Waals surface area contributed by atoms with Crippen LogP contribution in [0, 0.1) is 25.5 Å². The van der Waals surface area contributed by atoms with Crippen LogP contribution >= 0.6 is 11.8 Å². The summed E-state index contributed by atoms with van der Waals surface area (Å²) in [5.74, 6) is -1.19. The summed E-state index contributed by atoms with van der Waals surface area (Å²) in [6.45, 7) is 11.0. The summed E-state index contributed by atoms with van der Waals surface area (Å²) >= 11 is 1.79. The first-order chi connectivity index (χ1) is 32.3. The average molecular weight is 949 g/mol. The van der Waals surface area contributed by atoms with Crippen molar-refractivity contribution in [2.45, 2.75) is 68.5 Å². The highest BCUT2D eigenvalue weighted by Gasteiger charge is 2.28. The molecular weight excluding hydrogens is 891 g/mol.